The molecule has 0 radical (unpaired) electrons. The van der Waals surface area contributed by atoms with Gasteiger partial charge < -0.3 is 14.0 Å². The Kier molecular flexibility index (Phi) is 7.94. The van der Waals surface area contributed by atoms with Crippen LogP contribution in [0.4, 0.5) is 5.82 Å². The smallest absolute Gasteiger partial charge is 0.403 e. The van der Waals surface area contributed by atoms with E-state index in [2.05, 4.69) is 10.5 Å². The van der Waals surface area contributed by atoms with E-state index in [9.17, 15) is 4.57 Å². The van der Waals surface area contributed by atoms with E-state index < -0.39 is 7.60 Å². The average Bonchev–Trinajstić information content (AvgIpc) is 2.69. The van der Waals surface area contributed by atoms with Gasteiger partial charge in [0, 0.05) is 12.3 Å². The fraction of sp³-hybridized carbons (Fsp3) is 0.476. The lowest BCUT2D eigenvalue weighted by Crippen LogP contribution is -2.17. The second-order valence-electron chi connectivity index (χ2n) is 6.87. The van der Waals surface area contributed by atoms with Gasteiger partial charge >= 0.3 is 7.60 Å². The molecule has 8 heteroatoms. The molecule has 0 aliphatic heterocycles. The van der Waals surface area contributed by atoms with Gasteiger partial charge in [-0.25, -0.2) is 15.0 Å². The lowest BCUT2D eigenvalue weighted by molar-refractivity contribution is 0.300. The Hall–Kier alpha value is -2.24. The van der Waals surface area contributed by atoms with Crippen LogP contribution >= 0.6 is 7.60 Å². The molecule has 7 nitrogen and oxygen atoms in total. The summed E-state index contributed by atoms with van der Waals surface area (Å²) in [7, 11) is -0.452. The van der Waals surface area contributed by atoms with Crippen LogP contribution in [0, 0.1) is 20.8 Å². The van der Waals surface area contributed by atoms with Crippen molar-refractivity contribution in [3.8, 4) is 17.2 Å². The maximum absolute atomic E-state index is 13.8. The Morgan fingerprint density at radius 2 is 1.76 bits per heavy atom. The average molecular weight is 422 g/mol. The zero-order valence-electron chi connectivity index (χ0n) is 18.2. The molecule has 29 heavy (non-hydrogen) atoms. The minimum absolute atomic E-state index is 0.284. The molecular formula is C21H31N2O5P. The zero-order chi connectivity index (χ0) is 21.6. The fourth-order valence-electron chi connectivity index (χ4n) is 3.07. The van der Waals surface area contributed by atoms with Gasteiger partial charge in [0.15, 0.2) is 17.3 Å². The molecule has 1 unspecified atom stereocenters. The molecule has 2 rings (SSSR count). The number of pyridine rings is 1. The lowest BCUT2D eigenvalue weighted by Gasteiger charge is -2.26. The number of methoxy groups -OCH3 is 2. The third-order valence-electron chi connectivity index (χ3n) is 5.00. The number of benzene rings is 1. The van der Waals surface area contributed by atoms with Gasteiger partial charge in [-0.15, -0.1) is 0 Å². The molecule has 0 aliphatic rings. The minimum Gasteiger partial charge on any atom is -0.493 e. The van der Waals surface area contributed by atoms with E-state index >= 15 is 0 Å². The zero-order valence-corrected chi connectivity index (χ0v) is 19.1. The van der Waals surface area contributed by atoms with Crippen molar-refractivity contribution in [1.29, 1.82) is 0 Å². The summed E-state index contributed by atoms with van der Waals surface area (Å²) in [6.45, 7) is 9.70. The van der Waals surface area contributed by atoms with Gasteiger partial charge in [0.05, 0.1) is 19.9 Å². The van der Waals surface area contributed by atoms with Crippen LogP contribution < -0.4 is 19.5 Å². The lowest BCUT2D eigenvalue weighted by atomic mass is 10.2. The third-order valence-corrected chi connectivity index (χ3v) is 7.44. The van der Waals surface area contributed by atoms with Gasteiger partial charge in [-0.3, -0.25) is 0 Å². The number of hydrogen-bond donors (Lipinski definition) is 1. The highest BCUT2D eigenvalue weighted by Crippen LogP contribution is 2.56. The SMILES string of the molecule is CCC(CC)P(=O)(ONc1nccc(C)c1C)Oc1cc(C)c(OC)c(OC)c1. The van der Waals surface area contributed by atoms with Gasteiger partial charge in [-0.2, -0.15) is 4.62 Å². The maximum atomic E-state index is 13.8. The number of aryl methyl sites for hydroxylation is 2. The second kappa shape index (κ2) is 9.99. The van der Waals surface area contributed by atoms with Crippen molar-refractivity contribution in [3.63, 3.8) is 0 Å². The topological polar surface area (TPSA) is 78.9 Å². The molecule has 1 heterocycles. The maximum Gasteiger partial charge on any atom is 0.403 e. The fourth-order valence-corrected chi connectivity index (χ4v) is 4.91. The monoisotopic (exact) mass is 422 g/mol. The highest BCUT2D eigenvalue weighted by molar-refractivity contribution is 7.55. The first-order valence-electron chi connectivity index (χ1n) is 9.68. The van der Waals surface area contributed by atoms with Crippen molar-refractivity contribution in [3.05, 3.63) is 41.1 Å². The summed E-state index contributed by atoms with van der Waals surface area (Å²) < 4.78 is 36.2. The molecule has 0 amide bonds. The summed E-state index contributed by atoms with van der Waals surface area (Å²) in [6.07, 6.45) is 2.96. The third kappa shape index (κ3) is 5.22. The number of anilines is 1. The molecular weight excluding hydrogens is 391 g/mol. The summed E-state index contributed by atoms with van der Waals surface area (Å²) in [5.41, 5.74) is 5.28. The Morgan fingerprint density at radius 1 is 1.07 bits per heavy atom. The summed E-state index contributed by atoms with van der Waals surface area (Å²) >= 11 is 0. The first-order chi connectivity index (χ1) is 13.8. The normalized spacial score (nSPS) is 13.1. The van der Waals surface area contributed by atoms with Crippen molar-refractivity contribution < 1.29 is 23.2 Å². The van der Waals surface area contributed by atoms with E-state index in [1.807, 2.05) is 40.7 Å². The molecule has 1 N–H and O–H groups in total. The van der Waals surface area contributed by atoms with Crippen molar-refractivity contribution in [2.24, 2.45) is 0 Å². The number of nitrogens with zero attached hydrogens (tertiary/aromatic N) is 1. The van der Waals surface area contributed by atoms with Gasteiger partial charge in [0.1, 0.15) is 5.75 Å². The molecule has 0 saturated carbocycles. The minimum atomic E-state index is -3.57. The van der Waals surface area contributed by atoms with Crippen LogP contribution in [-0.2, 0) is 9.19 Å². The first kappa shape index (κ1) is 23.0. The Balaban J connectivity index is 2.36. The van der Waals surface area contributed by atoms with E-state index in [0.717, 1.165) is 16.7 Å². The van der Waals surface area contributed by atoms with Gasteiger partial charge in [-0.05, 0) is 62.4 Å². The van der Waals surface area contributed by atoms with Crippen LogP contribution in [0.15, 0.2) is 24.4 Å². The molecule has 1 aromatic heterocycles. The summed E-state index contributed by atoms with van der Waals surface area (Å²) in [5, 5.41) is 0. The molecule has 2 aromatic rings. The number of hydrogen-bond acceptors (Lipinski definition) is 7. The molecule has 0 aliphatic carbocycles. The molecule has 0 bridgehead atoms. The quantitative estimate of drug-likeness (QED) is 0.381. The van der Waals surface area contributed by atoms with Gasteiger partial charge in [0.25, 0.3) is 0 Å². The van der Waals surface area contributed by atoms with Crippen LogP contribution in [0.3, 0.4) is 0 Å². The molecule has 0 saturated heterocycles. The van der Waals surface area contributed by atoms with E-state index in [-0.39, 0.29) is 5.66 Å². The van der Waals surface area contributed by atoms with Crippen LogP contribution in [0.1, 0.15) is 43.4 Å². The highest BCUT2D eigenvalue weighted by Gasteiger charge is 2.37. The second-order valence-corrected chi connectivity index (χ2v) is 9.05. The number of aromatic nitrogens is 1. The molecule has 1 atom stereocenters. The van der Waals surface area contributed by atoms with Gasteiger partial charge in [-0.1, -0.05) is 13.8 Å². The Morgan fingerprint density at radius 3 is 2.34 bits per heavy atom. The molecule has 0 spiro atoms. The summed E-state index contributed by atoms with van der Waals surface area (Å²) in [6, 6.07) is 5.32. The molecule has 0 fully saturated rings. The van der Waals surface area contributed by atoms with Crippen LogP contribution in [-0.4, -0.2) is 24.9 Å². The number of ether oxygens (including phenoxy) is 2. The van der Waals surface area contributed by atoms with E-state index in [4.69, 9.17) is 18.6 Å². The number of nitrogens with one attached hydrogen (secondary N) is 1. The predicted octanol–water partition coefficient (Wildman–Crippen LogP) is 5.83. The Bertz CT molecular complexity index is 884. The van der Waals surface area contributed by atoms with E-state index in [1.165, 1.54) is 0 Å². The van der Waals surface area contributed by atoms with Crippen molar-refractivity contribution in [2.45, 2.75) is 53.1 Å². The molecule has 160 valence electrons. The Labute approximate surface area is 173 Å². The largest absolute Gasteiger partial charge is 0.493 e. The van der Waals surface area contributed by atoms with Crippen LogP contribution in [0.2, 0.25) is 0 Å². The van der Waals surface area contributed by atoms with Crippen molar-refractivity contribution >= 4 is 13.4 Å². The summed E-state index contributed by atoms with van der Waals surface area (Å²) in [4.78, 5) is 4.28. The number of rotatable bonds is 10. The van der Waals surface area contributed by atoms with E-state index in [0.29, 0.717) is 35.9 Å². The molecule has 1 aromatic carbocycles. The van der Waals surface area contributed by atoms with Crippen molar-refractivity contribution in [2.75, 3.05) is 19.7 Å². The van der Waals surface area contributed by atoms with E-state index in [1.54, 1.807) is 32.5 Å². The standard InChI is InChI=1S/C21H31N2O5P/c1-8-18(9-2)29(24,28-23-21-16(5)14(3)10-11-22-21)27-17-12-15(4)20(26-7)19(13-17)25-6/h10-13,18H,8-9H2,1-7H3,(H,22,23). The van der Waals surface area contributed by atoms with Crippen LogP contribution in [0.5, 0.6) is 17.2 Å². The predicted molar refractivity (Wildman–Crippen MR) is 115 cm³/mol. The highest BCUT2D eigenvalue weighted by atomic mass is 31.2. The summed E-state index contributed by atoms with van der Waals surface area (Å²) in [5.74, 6) is 2.02. The first-order valence-corrected chi connectivity index (χ1v) is 11.3. The van der Waals surface area contributed by atoms with Crippen molar-refractivity contribution in [1.82, 2.24) is 4.98 Å². The van der Waals surface area contributed by atoms with Gasteiger partial charge in [0.2, 0.25) is 0 Å². The van der Waals surface area contributed by atoms with Crippen LogP contribution in [0.25, 0.3) is 0 Å².